The molecule has 0 aromatic rings. The van der Waals surface area contributed by atoms with Crippen LogP contribution in [-0.2, 0) is 0 Å². The van der Waals surface area contributed by atoms with E-state index in [2.05, 4.69) is 5.32 Å². The monoisotopic (exact) mass is 177 g/mol. The van der Waals surface area contributed by atoms with E-state index in [9.17, 15) is 10.2 Å². The van der Waals surface area contributed by atoms with Crippen LogP contribution in [0.5, 0.6) is 0 Å². The fourth-order valence-electron chi connectivity index (χ4n) is 1.39. The van der Waals surface area contributed by atoms with Crippen molar-refractivity contribution >= 4 is 0 Å². The summed E-state index contributed by atoms with van der Waals surface area (Å²) in [5.41, 5.74) is 0. The van der Waals surface area contributed by atoms with E-state index in [4.69, 9.17) is 10.2 Å². The van der Waals surface area contributed by atoms with E-state index in [0.29, 0.717) is 6.42 Å². The van der Waals surface area contributed by atoms with Crippen molar-refractivity contribution < 1.29 is 20.4 Å². The molecule has 5 N–H and O–H groups in total. The maximum absolute atomic E-state index is 9.36. The van der Waals surface area contributed by atoms with Gasteiger partial charge in [-0.1, -0.05) is 0 Å². The number of rotatable bonds is 2. The Morgan fingerprint density at radius 2 is 1.83 bits per heavy atom. The lowest BCUT2D eigenvalue weighted by atomic mass is 9.94. The lowest BCUT2D eigenvalue weighted by molar-refractivity contribution is -0.0965. The molecule has 0 amide bonds. The molecule has 12 heavy (non-hydrogen) atoms. The maximum atomic E-state index is 9.36. The van der Waals surface area contributed by atoms with Crippen molar-refractivity contribution in [3.05, 3.63) is 0 Å². The Morgan fingerprint density at radius 1 is 1.17 bits per heavy atom. The van der Waals surface area contributed by atoms with E-state index in [1.165, 1.54) is 0 Å². The molecule has 0 unspecified atom stereocenters. The minimum absolute atomic E-state index is 0.0441. The number of hydrogen-bond acceptors (Lipinski definition) is 5. The summed E-state index contributed by atoms with van der Waals surface area (Å²) in [5.74, 6) is 0. The molecule has 0 saturated carbocycles. The minimum atomic E-state index is -1.11. The fourth-order valence-corrected chi connectivity index (χ4v) is 1.39. The Balaban J connectivity index is 2.46. The van der Waals surface area contributed by atoms with Gasteiger partial charge in [0.2, 0.25) is 0 Å². The number of aliphatic hydroxyl groups is 4. The summed E-state index contributed by atoms with van der Waals surface area (Å²) >= 11 is 0. The molecular weight excluding hydrogens is 162 g/mol. The van der Waals surface area contributed by atoms with Gasteiger partial charge in [-0.15, -0.1) is 0 Å². The van der Waals surface area contributed by atoms with Crippen molar-refractivity contribution in [3.63, 3.8) is 0 Å². The SMILES string of the molecule is OCC[C@H]1NC[C@H](O)[C@@H](O)[C@@H]1O. The molecule has 1 aliphatic heterocycles. The first-order valence-electron chi connectivity index (χ1n) is 4.05. The topological polar surface area (TPSA) is 93.0 Å². The lowest BCUT2D eigenvalue weighted by Crippen LogP contribution is -2.59. The van der Waals surface area contributed by atoms with E-state index in [0.717, 1.165) is 0 Å². The average molecular weight is 177 g/mol. The molecule has 0 spiro atoms. The molecule has 1 saturated heterocycles. The van der Waals surface area contributed by atoms with Gasteiger partial charge < -0.3 is 25.7 Å². The van der Waals surface area contributed by atoms with Crippen LogP contribution in [0.4, 0.5) is 0 Å². The first kappa shape index (κ1) is 9.88. The predicted octanol–water partition coefficient (Wildman–Crippen LogP) is -2.58. The number of nitrogens with one attached hydrogen (secondary N) is 1. The summed E-state index contributed by atoms with van der Waals surface area (Å²) in [5, 5.41) is 39.1. The van der Waals surface area contributed by atoms with E-state index in [-0.39, 0.29) is 19.2 Å². The smallest absolute Gasteiger partial charge is 0.108 e. The van der Waals surface area contributed by atoms with Crippen molar-refractivity contribution in [2.45, 2.75) is 30.8 Å². The molecule has 5 heteroatoms. The molecule has 0 aromatic carbocycles. The Hall–Kier alpha value is -0.200. The number of aliphatic hydroxyl groups excluding tert-OH is 4. The van der Waals surface area contributed by atoms with Crippen LogP contribution in [0.1, 0.15) is 6.42 Å². The van der Waals surface area contributed by atoms with E-state index in [1.807, 2.05) is 0 Å². The van der Waals surface area contributed by atoms with Crippen molar-refractivity contribution in [2.24, 2.45) is 0 Å². The van der Waals surface area contributed by atoms with E-state index < -0.39 is 18.3 Å². The number of β-amino-alcohol motifs (C(OH)–C–C–N with tert-alkyl or cyclic N) is 1. The molecule has 1 heterocycles. The third-order valence-corrected chi connectivity index (χ3v) is 2.19. The highest BCUT2D eigenvalue weighted by atomic mass is 16.4. The van der Waals surface area contributed by atoms with Gasteiger partial charge in [-0.25, -0.2) is 0 Å². The van der Waals surface area contributed by atoms with Gasteiger partial charge in [0.15, 0.2) is 0 Å². The molecular formula is C7H15NO4. The van der Waals surface area contributed by atoms with Gasteiger partial charge >= 0.3 is 0 Å². The van der Waals surface area contributed by atoms with Gasteiger partial charge in [0.25, 0.3) is 0 Å². The summed E-state index contributed by atoms with van der Waals surface area (Å²) in [6.45, 7) is 0.209. The summed E-state index contributed by atoms with van der Waals surface area (Å²) in [7, 11) is 0. The zero-order chi connectivity index (χ0) is 9.14. The van der Waals surface area contributed by atoms with Gasteiger partial charge in [-0.2, -0.15) is 0 Å². The molecule has 0 bridgehead atoms. The molecule has 0 aromatic heterocycles. The highest BCUT2D eigenvalue weighted by Crippen LogP contribution is 2.12. The highest BCUT2D eigenvalue weighted by molar-refractivity contribution is 4.91. The van der Waals surface area contributed by atoms with Crippen LogP contribution in [0.25, 0.3) is 0 Å². The van der Waals surface area contributed by atoms with Crippen LogP contribution >= 0.6 is 0 Å². The Bertz CT molecular complexity index is 143. The third-order valence-electron chi connectivity index (χ3n) is 2.19. The first-order valence-corrected chi connectivity index (χ1v) is 4.05. The molecule has 1 aliphatic rings. The minimum Gasteiger partial charge on any atom is -0.396 e. The molecule has 1 fully saturated rings. The zero-order valence-corrected chi connectivity index (χ0v) is 6.72. The van der Waals surface area contributed by atoms with Crippen LogP contribution in [0.15, 0.2) is 0 Å². The quantitative estimate of drug-likeness (QED) is 0.319. The Labute approximate surface area is 70.6 Å². The van der Waals surface area contributed by atoms with Crippen LogP contribution in [0, 0.1) is 0 Å². The molecule has 4 atom stereocenters. The largest absolute Gasteiger partial charge is 0.396 e. The molecule has 0 radical (unpaired) electrons. The predicted molar refractivity (Wildman–Crippen MR) is 41.5 cm³/mol. The van der Waals surface area contributed by atoms with Gasteiger partial charge in [-0.05, 0) is 6.42 Å². The van der Waals surface area contributed by atoms with Crippen molar-refractivity contribution in [1.82, 2.24) is 5.32 Å². The molecule has 72 valence electrons. The molecule has 5 nitrogen and oxygen atoms in total. The van der Waals surface area contributed by atoms with Gasteiger partial charge in [0.1, 0.15) is 6.10 Å². The molecule has 1 rings (SSSR count). The Morgan fingerprint density at radius 3 is 2.42 bits per heavy atom. The van der Waals surface area contributed by atoms with Crippen LogP contribution in [0.2, 0.25) is 0 Å². The number of hydrogen-bond donors (Lipinski definition) is 5. The summed E-state index contributed by atoms with van der Waals surface area (Å²) in [6, 6.07) is -0.326. The van der Waals surface area contributed by atoms with Gasteiger partial charge in [0.05, 0.1) is 12.2 Å². The second kappa shape index (κ2) is 4.15. The number of piperidine rings is 1. The normalized spacial score (nSPS) is 43.0. The maximum Gasteiger partial charge on any atom is 0.108 e. The van der Waals surface area contributed by atoms with Crippen LogP contribution in [-0.4, -0.2) is 57.9 Å². The van der Waals surface area contributed by atoms with Crippen LogP contribution < -0.4 is 5.32 Å². The summed E-state index contributed by atoms with van der Waals surface area (Å²) in [6.07, 6.45) is -2.65. The van der Waals surface area contributed by atoms with Crippen LogP contribution in [0.3, 0.4) is 0 Å². The van der Waals surface area contributed by atoms with Gasteiger partial charge in [-0.3, -0.25) is 0 Å². The third kappa shape index (κ3) is 1.94. The Kier molecular flexibility index (Phi) is 3.42. The summed E-state index contributed by atoms with van der Waals surface area (Å²) in [4.78, 5) is 0. The second-order valence-electron chi connectivity index (χ2n) is 3.08. The first-order chi connectivity index (χ1) is 5.66. The van der Waals surface area contributed by atoms with E-state index >= 15 is 0 Å². The lowest BCUT2D eigenvalue weighted by Gasteiger charge is -2.35. The zero-order valence-electron chi connectivity index (χ0n) is 6.72. The van der Waals surface area contributed by atoms with Crippen molar-refractivity contribution in [3.8, 4) is 0 Å². The van der Waals surface area contributed by atoms with Crippen molar-refractivity contribution in [2.75, 3.05) is 13.2 Å². The highest BCUT2D eigenvalue weighted by Gasteiger charge is 2.35. The van der Waals surface area contributed by atoms with Gasteiger partial charge in [0, 0.05) is 19.2 Å². The second-order valence-corrected chi connectivity index (χ2v) is 3.08. The van der Waals surface area contributed by atoms with Crippen molar-refractivity contribution in [1.29, 1.82) is 0 Å². The average Bonchev–Trinajstić information content (AvgIpc) is 2.07. The fraction of sp³-hybridized carbons (Fsp3) is 1.00. The summed E-state index contributed by atoms with van der Waals surface area (Å²) < 4.78 is 0. The standard InChI is InChI=1S/C7H15NO4/c9-2-1-4-6(11)7(12)5(10)3-8-4/h4-12H,1-3H2/t4-,5+,6-,7-/m1/s1. The molecule has 0 aliphatic carbocycles. The van der Waals surface area contributed by atoms with E-state index in [1.54, 1.807) is 0 Å².